The van der Waals surface area contributed by atoms with E-state index < -0.39 is 0 Å². The van der Waals surface area contributed by atoms with Gasteiger partial charge in [0.05, 0.1) is 5.92 Å². The third kappa shape index (κ3) is 1.73. The maximum Gasteiger partial charge on any atom is 0.225 e. The zero-order chi connectivity index (χ0) is 8.27. The number of β-lactam (4-membered cyclic amide) rings is 1. The fourth-order valence-corrected chi connectivity index (χ4v) is 1.70. The van der Waals surface area contributed by atoms with E-state index in [2.05, 4.69) is 19.2 Å². The molecular weight excluding hydrogens is 138 g/mol. The van der Waals surface area contributed by atoms with Gasteiger partial charge in [0.1, 0.15) is 0 Å². The Labute approximate surface area is 68.4 Å². The third-order valence-electron chi connectivity index (χ3n) is 2.35. The highest BCUT2D eigenvalue weighted by Crippen LogP contribution is 2.23. The fourth-order valence-electron chi connectivity index (χ4n) is 1.70. The Hall–Kier alpha value is -0.530. The average molecular weight is 155 g/mol. The van der Waals surface area contributed by atoms with Crippen molar-refractivity contribution in [2.45, 2.75) is 45.6 Å². The van der Waals surface area contributed by atoms with Crippen LogP contribution in [0.5, 0.6) is 0 Å². The molecule has 0 bridgehead atoms. The number of hydrogen-bond donors (Lipinski definition) is 1. The molecule has 0 aliphatic carbocycles. The second kappa shape index (κ2) is 3.74. The zero-order valence-corrected chi connectivity index (χ0v) is 7.39. The highest BCUT2D eigenvalue weighted by Gasteiger charge is 2.36. The predicted molar refractivity (Wildman–Crippen MR) is 45.2 cm³/mol. The molecule has 0 spiro atoms. The molecular formula is C9H17NO. The van der Waals surface area contributed by atoms with E-state index >= 15 is 0 Å². The van der Waals surface area contributed by atoms with E-state index in [1.807, 2.05) is 0 Å². The van der Waals surface area contributed by atoms with Gasteiger partial charge in [0.25, 0.3) is 0 Å². The summed E-state index contributed by atoms with van der Waals surface area (Å²) in [5.41, 5.74) is 0. The Bertz CT molecular complexity index is 144. The summed E-state index contributed by atoms with van der Waals surface area (Å²) >= 11 is 0. The molecule has 2 nitrogen and oxygen atoms in total. The lowest BCUT2D eigenvalue weighted by Gasteiger charge is -2.36. The standard InChI is InChI=1S/C9H17NO/c1-3-5-7-8(6-4-2)10-9(7)11/h7-8H,3-6H2,1-2H3,(H,10,11). The first kappa shape index (κ1) is 8.57. The predicted octanol–water partition coefficient (Wildman–Crippen LogP) is 1.70. The molecule has 1 saturated heterocycles. The number of carbonyl (C=O) groups excluding carboxylic acids is 1. The molecule has 0 aromatic carbocycles. The second-order valence-corrected chi connectivity index (χ2v) is 3.30. The first-order valence-corrected chi connectivity index (χ1v) is 4.60. The van der Waals surface area contributed by atoms with E-state index in [-0.39, 0.29) is 5.91 Å². The quantitative estimate of drug-likeness (QED) is 0.615. The Morgan fingerprint density at radius 1 is 1.27 bits per heavy atom. The lowest BCUT2D eigenvalue weighted by Crippen LogP contribution is -2.57. The lowest BCUT2D eigenvalue weighted by atomic mass is 9.84. The van der Waals surface area contributed by atoms with Gasteiger partial charge in [0.15, 0.2) is 0 Å². The van der Waals surface area contributed by atoms with Crippen molar-refractivity contribution in [3.63, 3.8) is 0 Å². The van der Waals surface area contributed by atoms with Crippen LogP contribution in [-0.4, -0.2) is 11.9 Å². The maximum absolute atomic E-state index is 11.0. The molecule has 2 unspecified atom stereocenters. The molecule has 1 aliphatic heterocycles. The van der Waals surface area contributed by atoms with Gasteiger partial charge in [-0.25, -0.2) is 0 Å². The molecule has 2 heteroatoms. The first-order valence-electron chi connectivity index (χ1n) is 4.60. The van der Waals surface area contributed by atoms with Crippen molar-refractivity contribution in [3.05, 3.63) is 0 Å². The minimum atomic E-state index is 0.269. The van der Waals surface area contributed by atoms with E-state index in [4.69, 9.17) is 0 Å². The van der Waals surface area contributed by atoms with Crippen LogP contribution in [0.3, 0.4) is 0 Å². The summed E-state index contributed by atoms with van der Waals surface area (Å²) in [6.07, 6.45) is 4.51. The summed E-state index contributed by atoms with van der Waals surface area (Å²) in [7, 11) is 0. The topological polar surface area (TPSA) is 29.1 Å². The maximum atomic E-state index is 11.0. The molecule has 64 valence electrons. The minimum Gasteiger partial charge on any atom is -0.352 e. The summed E-state index contributed by atoms with van der Waals surface area (Å²) in [4.78, 5) is 11.0. The number of carbonyl (C=O) groups is 1. The van der Waals surface area contributed by atoms with Crippen LogP contribution in [-0.2, 0) is 4.79 Å². The molecule has 1 rings (SSSR count). The Morgan fingerprint density at radius 3 is 2.36 bits per heavy atom. The van der Waals surface area contributed by atoms with Crippen molar-refractivity contribution in [1.82, 2.24) is 5.32 Å². The third-order valence-corrected chi connectivity index (χ3v) is 2.35. The monoisotopic (exact) mass is 155 g/mol. The van der Waals surface area contributed by atoms with Gasteiger partial charge in [-0.05, 0) is 12.8 Å². The second-order valence-electron chi connectivity index (χ2n) is 3.30. The SMILES string of the molecule is CCCC1NC(=O)C1CCC. The Kier molecular flexibility index (Phi) is 2.92. The molecule has 1 fully saturated rings. The molecule has 0 aromatic heterocycles. The number of amides is 1. The fraction of sp³-hybridized carbons (Fsp3) is 0.889. The normalized spacial score (nSPS) is 29.5. The van der Waals surface area contributed by atoms with Gasteiger partial charge >= 0.3 is 0 Å². The van der Waals surface area contributed by atoms with Crippen molar-refractivity contribution < 1.29 is 4.79 Å². The van der Waals surface area contributed by atoms with Crippen LogP contribution in [0.25, 0.3) is 0 Å². The largest absolute Gasteiger partial charge is 0.352 e. The van der Waals surface area contributed by atoms with Crippen LogP contribution in [0.15, 0.2) is 0 Å². The summed E-state index contributed by atoms with van der Waals surface area (Å²) < 4.78 is 0. The Balaban J connectivity index is 2.29. The van der Waals surface area contributed by atoms with E-state index in [0.717, 1.165) is 19.3 Å². The molecule has 0 aromatic rings. The number of nitrogens with one attached hydrogen (secondary N) is 1. The molecule has 1 aliphatic rings. The summed E-state index contributed by atoms with van der Waals surface area (Å²) in [5, 5.41) is 2.94. The molecule has 1 N–H and O–H groups in total. The van der Waals surface area contributed by atoms with E-state index in [0.29, 0.717) is 12.0 Å². The van der Waals surface area contributed by atoms with Crippen LogP contribution in [0.4, 0.5) is 0 Å². The first-order chi connectivity index (χ1) is 5.29. The summed E-state index contributed by atoms with van der Waals surface area (Å²) in [6.45, 7) is 4.29. The molecule has 2 atom stereocenters. The van der Waals surface area contributed by atoms with Crippen molar-refractivity contribution in [3.8, 4) is 0 Å². The van der Waals surface area contributed by atoms with Gasteiger partial charge in [-0.15, -0.1) is 0 Å². The zero-order valence-electron chi connectivity index (χ0n) is 7.39. The van der Waals surface area contributed by atoms with Gasteiger partial charge in [-0.1, -0.05) is 26.7 Å². The molecule has 0 radical (unpaired) electrons. The summed E-state index contributed by atoms with van der Waals surface area (Å²) in [5.74, 6) is 0.602. The number of hydrogen-bond acceptors (Lipinski definition) is 1. The lowest BCUT2D eigenvalue weighted by molar-refractivity contribution is -0.135. The highest BCUT2D eigenvalue weighted by molar-refractivity contribution is 5.85. The van der Waals surface area contributed by atoms with Gasteiger partial charge in [-0.2, -0.15) is 0 Å². The van der Waals surface area contributed by atoms with Gasteiger partial charge in [0, 0.05) is 6.04 Å². The van der Waals surface area contributed by atoms with Crippen LogP contribution >= 0.6 is 0 Å². The van der Waals surface area contributed by atoms with E-state index in [1.165, 1.54) is 6.42 Å². The van der Waals surface area contributed by atoms with Crippen LogP contribution in [0, 0.1) is 5.92 Å². The van der Waals surface area contributed by atoms with Crippen molar-refractivity contribution in [2.24, 2.45) is 5.92 Å². The van der Waals surface area contributed by atoms with E-state index in [9.17, 15) is 4.79 Å². The molecule has 1 heterocycles. The van der Waals surface area contributed by atoms with Crippen molar-refractivity contribution in [2.75, 3.05) is 0 Å². The smallest absolute Gasteiger partial charge is 0.225 e. The molecule has 11 heavy (non-hydrogen) atoms. The van der Waals surface area contributed by atoms with Gasteiger partial charge in [0.2, 0.25) is 5.91 Å². The molecule has 1 amide bonds. The van der Waals surface area contributed by atoms with Crippen molar-refractivity contribution >= 4 is 5.91 Å². The summed E-state index contributed by atoms with van der Waals surface area (Å²) in [6, 6.07) is 0.493. The Morgan fingerprint density at radius 2 is 1.91 bits per heavy atom. The van der Waals surface area contributed by atoms with Crippen LogP contribution in [0.1, 0.15) is 39.5 Å². The number of rotatable bonds is 4. The van der Waals surface area contributed by atoms with Gasteiger partial charge in [-0.3, -0.25) is 4.79 Å². The minimum absolute atomic E-state index is 0.269. The molecule has 0 saturated carbocycles. The van der Waals surface area contributed by atoms with Gasteiger partial charge < -0.3 is 5.32 Å². The highest BCUT2D eigenvalue weighted by atomic mass is 16.2. The van der Waals surface area contributed by atoms with E-state index in [1.54, 1.807) is 0 Å². The van der Waals surface area contributed by atoms with Crippen LogP contribution in [0.2, 0.25) is 0 Å². The average Bonchev–Trinajstić information content (AvgIpc) is 2.00. The van der Waals surface area contributed by atoms with Crippen molar-refractivity contribution in [1.29, 1.82) is 0 Å². The van der Waals surface area contributed by atoms with Crippen LogP contribution < -0.4 is 5.32 Å².